The van der Waals surface area contributed by atoms with Crippen LogP contribution in [-0.4, -0.2) is 25.9 Å². The number of ether oxygens (including phenoxy) is 1. The standard InChI is InChI=1S/C12H16N4O.C2H6/c1-9-13-14-11-7-8-12(15-16(9)11)17-10-5-3-2-4-6-10;1-2/h7-8,10H,2-6H2,1H3;1-2H3. The van der Waals surface area contributed by atoms with E-state index in [1.807, 2.05) is 32.9 Å². The van der Waals surface area contributed by atoms with E-state index in [1.165, 1.54) is 19.3 Å². The van der Waals surface area contributed by atoms with Crippen LogP contribution in [0.25, 0.3) is 5.65 Å². The fourth-order valence-corrected chi connectivity index (χ4v) is 2.30. The zero-order valence-electron chi connectivity index (χ0n) is 12.0. The Morgan fingerprint density at radius 2 is 1.84 bits per heavy atom. The minimum absolute atomic E-state index is 0.325. The van der Waals surface area contributed by atoms with E-state index in [2.05, 4.69) is 15.3 Å². The molecule has 5 heteroatoms. The number of aromatic nitrogens is 4. The van der Waals surface area contributed by atoms with Gasteiger partial charge in [0.2, 0.25) is 5.88 Å². The fourth-order valence-electron chi connectivity index (χ4n) is 2.30. The third-order valence-electron chi connectivity index (χ3n) is 3.23. The lowest BCUT2D eigenvalue weighted by Gasteiger charge is -2.22. The van der Waals surface area contributed by atoms with Gasteiger partial charge >= 0.3 is 0 Å². The van der Waals surface area contributed by atoms with Crippen LogP contribution >= 0.6 is 0 Å². The van der Waals surface area contributed by atoms with Gasteiger partial charge in [-0.3, -0.25) is 0 Å². The van der Waals surface area contributed by atoms with E-state index in [1.54, 1.807) is 4.52 Å². The molecule has 0 spiro atoms. The molecule has 3 rings (SSSR count). The number of aryl methyl sites for hydroxylation is 1. The molecule has 1 fully saturated rings. The minimum atomic E-state index is 0.325. The van der Waals surface area contributed by atoms with Crippen LogP contribution in [-0.2, 0) is 0 Å². The summed E-state index contributed by atoms with van der Waals surface area (Å²) in [5, 5.41) is 12.4. The van der Waals surface area contributed by atoms with Crippen molar-refractivity contribution in [2.45, 2.75) is 59.0 Å². The molecule has 1 saturated carbocycles. The highest BCUT2D eigenvalue weighted by Crippen LogP contribution is 2.22. The first kappa shape index (κ1) is 13.8. The van der Waals surface area contributed by atoms with Crippen molar-refractivity contribution in [3.05, 3.63) is 18.0 Å². The van der Waals surface area contributed by atoms with Gasteiger partial charge in [-0.2, -0.15) is 4.52 Å². The number of hydrogen-bond donors (Lipinski definition) is 0. The molecule has 0 bridgehead atoms. The molecule has 104 valence electrons. The lowest BCUT2D eigenvalue weighted by atomic mass is 9.98. The maximum Gasteiger partial charge on any atom is 0.232 e. The lowest BCUT2D eigenvalue weighted by molar-refractivity contribution is 0.146. The molecule has 1 aliphatic rings. The van der Waals surface area contributed by atoms with Crippen molar-refractivity contribution in [2.24, 2.45) is 0 Å². The maximum atomic E-state index is 5.90. The zero-order chi connectivity index (χ0) is 13.7. The van der Waals surface area contributed by atoms with Gasteiger partial charge in [-0.15, -0.1) is 15.3 Å². The van der Waals surface area contributed by atoms with E-state index in [9.17, 15) is 0 Å². The first-order valence-electron chi connectivity index (χ1n) is 7.19. The van der Waals surface area contributed by atoms with E-state index in [0.717, 1.165) is 24.3 Å². The Kier molecular flexibility index (Phi) is 4.71. The smallest absolute Gasteiger partial charge is 0.232 e. The molecule has 0 radical (unpaired) electrons. The molecule has 2 aromatic rings. The van der Waals surface area contributed by atoms with Gasteiger partial charge in [0.1, 0.15) is 6.10 Å². The molecule has 0 aromatic carbocycles. The summed E-state index contributed by atoms with van der Waals surface area (Å²) < 4.78 is 7.62. The third-order valence-corrected chi connectivity index (χ3v) is 3.23. The van der Waals surface area contributed by atoms with Crippen molar-refractivity contribution in [2.75, 3.05) is 0 Å². The second-order valence-electron chi connectivity index (χ2n) is 4.57. The number of fused-ring (bicyclic) bond motifs is 1. The van der Waals surface area contributed by atoms with Gasteiger partial charge < -0.3 is 4.74 Å². The van der Waals surface area contributed by atoms with Gasteiger partial charge in [0, 0.05) is 6.07 Å². The van der Waals surface area contributed by atoms with Crippen molar-refractivity contribution in [3.63, 3.8) is 0 Å². The topological polar surface area (TPSA) is 52.3 Å². The molecule has 2 aromatic heterocycles. The van der Waals surface area contributed by atoms with Crippen molar-refractivity contribution < 1.29 is 4.74 Å². The van der Waals surface area contributed by atoms with Crippen molar-refractivity contribution in [1.82, 2.24) is 19.8 Å². The zero-order valence-corrected chi connectivity index (χ0v) is 12.0. The van der Waals surface area contributed by atoms with Crippen LogP contribution in [0.4, 0.5) is 0 Å². The molecule has 0 saturated heterocycles. The highest BCUT2D eigenvalue weighted by Gasteiger charge is 2.15. The Bertz CT molecular complexity index is 517. The first-order chi connectivity index (χ1) is 9.33. The fraction of sp³-hybridized carbons (Fsp3) is 0.643. The quantitative estimate of drug-likeness (QED) is 0.834. The maximum absolute atomic E-state index is 5.90. The molecular formula is C14H22N4O. The van der Waals surface area contributed by atoms with Gasteiger partial charge in [-0.05, 0) is 38.7 Å². The average Bonchev–Trinajstić information content (AvgIpc) is 2.84. The molecule has 2 heterocycles. The van der Waals surface area contributed by atoms with E-state index >= 15 is 0 Å². The van der Waals surface area contributed by atoms with Gasteiger partial charge in [0.25, 0.3) is 0 Å². The Morgan fingerprint density at radius 1 is 1.11 bits per heavy atom. The van der Waals surface area contributed by atoms with Crippen LogP contribution < -0.4 is 4.74 Å². The van der Waals surface area contributed by atoms with Crippen LogP contribution in [0.1, 0.15) is 51.8 Å². The van der Waals surface area contributed by atoms with Crippen LogP contribution in [0.15, 0.2) is 12.1 Å². The van der Waals surface area contributed by atoms with Gasteiger partial charge in [-0.25, -0.2) is 0 Å². The normalized spacial score (nSPS) is 15.9. The Balaban J connectivity index is 0.000000637. The second kappa shape index (κ2) is 6.50. The SMILES string of the molecule is CC.Cc1nnc2ccc(OC3CCCCC3)nn12. The Labute approximate surface area is 114 Å². The number of hydrogen-bond acceptors (Lipinski definition) is 4. The molecular weight excluding hydrogens is 240 g/mol. The van der Waals surface area contributed by atoms with Crippen LogP contribution in [0.5, 0.6) is 5.88 Å². The summed E-state index contributed by atoms with van der Waals surface area (Å²) in [5.74, 6) is 1.46. The van der Waals surface area contributed by atoms with Crippen molar-refractivity contribution >= 4 is 5.65 Å². The number of nitrogens with zero attached hydrogens (tertiary/aromatic N) is 4. The predicted molar refractivity (Wildman–Crippen MR) is 74.4 cm³/mol. The monoisotopic (exact) mass is 262 g/mol. The molecule has 0 N–H and O–H groups in total. The molecule has 0 amide bonds. The summed E-state index contributed by atoms with van der Waals surface area (Å²) in [4.78, 5) is 0. The van der Waals surface area contributed by atoms with Crippen LogP contribution in [0.3, 0.4) is 0 Å². The first-order valence-corrected chi connectivity index (χ1v) is 7.19. The van der Waals surface area contributed by atoms with Gasteiger partial charge in [-0.1, -0.05) is 20.3 Å². The average molecular weight is 262 g/mol. The van der Waals surface area contributed by atoms with E-state index in [4.69, 9.17) is 4.74 Å². The lowest BCUT2D eigenvalue weighted by Crippen LogP contribution is -2.20. The molecule has 5 nitrogen and oxygen atoms in total. The van der Waals surface area contributed by atoms with Gasteiger partial charge in [0.05, 0.1) is 0 Å². The number of rotatable bonds is 2. The summed E-state index contributed by atoms with van der Waals surface area (Å²) >= 11 is 0. The Morgan fingerprint density at radius 3 is 2.58 bits per heavy atom. The van der Waals surface area contributed by atoms with E-state index in [0.29, 0.717) is 12.0 Å². The second-order valence-corrected chi connectivity index (χ2v) is 4.57. The highest BCUT2D eigenvalue weighted by atomic mass is 16.5. The third kappa shape index (κ3) is 3.22. The summed E-state index contributed by atoms with van der Waals surface area (Å²) in [5.41, 5.74) is 0.762. The van der Waals surface area contributed by atoms with Crippen LogP contribution in [0.2, 0.25) is 0 Å². The molecule has 0 atom stereocenters. The van der Waals surface area contributed by atoms with Gasteiger partial charge in [0.15, 0.2) is 11.5 Å². The minimum Gasteiger partial charge on any atom is -0.473 e. The van der Waals surface area contributed by atoms with E-state index in [-0.39, 0.29) is 0 Å². The largest absolute Gasteiger partial charge is 0.473 e. The Hall–Kier alpha value is -1.65. The molecule has 1 aliphatic carbocycles. The summed E-state index contributed by atoms with van der Waals surface area (Å²) in [6.45, 7) is 5.89. The summed E-state index contributed by atoms with van der Waals surface area (Å²) in [6.07, 6.45) is 6.46. The summed E-state index contributed by atoms with van der Waals surface area (Å²) in [7, 11) is 0. The van der Waals surface area contributed by atoms with E-state index < -0.39 is 0 Å². The molecule has 19 heavy (non-hydrogen) atoms. The van der Waals surface area contributed by atoms with Crippen molar-refractivity contribution in [3.8, 4) is 5.88 Å². The van der Waals surface area contributed by atoms with Crippen LogP contribution in [0, 0.1) is 6.92 Å². The highest BCUT2D eigenvalue weighted by molar-refractivity contribution is 5.37. The molecule has 0 unspecified atom stereocenters. The predicted octanol–water partition coefficient (Wildman–Crippen LogP) is 3.17. The molecule has 0 aliphatic heterocycles. The van der Waals surface area contributed by atoms with Crippen molar-refractivity contribution in [1.29, 1.82) is 0 Å². The summed E-state index contributed by atoms with van der Waals surface area (Å²) in [6, 6.07) is 3.77.